The first kappa shape index (κ1) is 15.4. The van der Waals surface area contributed by atoms with Gasteiger partial charge in [0.2, 0.25) is 0 Å². The topological polar surface area (TPSA) is 39.1 Å². The monoisotopic (exact) mass is 401 g/mol. The van der Waals surface area contributed by atoms with Gasteiger partial charge in [-0.3, -0.25) is 4.68 Å². The highest BCUT2D eigenvalue weighted by molar-refractivity contribution is 9.11. The lowest BCUT2D eigenvalue weighted by molar-refractivity contribution is 0.412. The highest BCUT2D eigenvalue weighted by atomic mass is 79.9. The first-order valence-corrected chi connectivity index (χ1v) is 7.95. The van der Waals surface area contributed by atoms with Crippen LogP contribution < -0.4 is 10.1 Å². The summed E-state index contributed by atoms with van der Waals surface area (Å²) in [4.78, 5) is 0. The third-order valence-electron chi connectivity index (χ3n) is 3.09. The number of rotatable bonds is 5. The van der Waals surface area contributed by atoms with Gasteiger partial charge >= 0.3 is 0 Å². The second kappa shape index (κ2) is 6.63. The molecule has 1 aromatic carbocycles. The summed E-state index contributed by atoms with van der Waals surface area (Å²) in [5, 5.41) is 7.77. The van der Waals surface area contributed by atoms with Crippen molar-refractivity contribution in [3.8, 4) is 5.75 Å². The molecule has 0 bridgehead atoms. The van der Waals surface area contributed by atoms with Crippen molar-refractivity contribution in [2.24, 2.45) is 0 Å². The van der Waals surface area contributed by atoms with Crippen LogP contribution in [0, 0.1) is 0 Å². The lowest BCUT2D eigenvalue weighted by Gasteiger charge is -2.16. The van der Waals surface area contributed by atoms with E-state index in [9.17, 15) is 0 Å². The summed E-state index contributed by atoms with van der Waals surface area (Å²) in [6, 6.07) is 4.11. The van der Waals surface area contributed by atoms with Crippen molar-refractivity contribution < 1.29 is 4.74 Å². The molecule has 1 aromatic heterocycles. The number of aryl methyl sites for hydroxylation is 1. The SMILES string of the molecule is CCn1cc(C(C)Nc2cc(OC)c(Br)cc2Br)cn1. The van der Waals surface area contributed by atoms with Crippen LogP contribution in [0.25, 0.3) is 0 Å². The second-order valence-electron chi connectivity index (χ2n) is 4.46. The fourth-order valence-electron chi connectivity index (χ4n) is 1.89. The predicted octanol–water partition coefficient (Wildman–Crippen LogP) is 4.61. The van der Waals surface area contributed by atoms with Gasteiger partial charge in [-0.2, -0.15) is 5.10 Å². The predicted molar refractivity (Wildman–Crippen MR) is 88.3 cm³/mol. The number of hydrogen-bond acceptors (Lipinski definition) is 3. The Hall–Kier alpha value is -1.01. The fraction of sp³-hybridized carbons (Fsp3) is 0.357. The first-order valence-electron chi connectivity index (χ1n) is 6.37. The van der Waals surface area contributed by atoms with Crippen LogP contribution in [0.4, 0.5) is 5.69 Å². The molecule has 2 rings (SSSR count). The summed E-state index contributed by atoms with van der Waals surface area (Å²) in [6.07, 6.45) is 3.95. The number of nitrogens with one attached hydrogen (secondary N) is 1. The average molecular weight is 403 g/mol. The van der Waals surface area contributed by atoms with Crippen molar-refractivity contribution in [2.75, 3.05) is 12.4 Å². The molecule has 6 heteroatoms. The zero-order valence-corrected chi connectivity index (χ0v) is 14.8. The average Bonchev–Trinajstić information content (AvgIpc) is 2.90. The van der Waals surface area contributed by atoms with E-state index in [1.54, 1.807) is 7.11 Å². The van der Waals surface area contributed by atoms with Crippen molar-refractivity contribution in [3.63, 3.8) is 0 Å². The molecular formula is C14H17Br2N3O. The number of ether oxygens (including phenoxy) is 1. The Morgan fingerprint density at radius 1 is 1.35 bits per heavy atom. The van der Waals surface area contributed by atoms with Crippen molar-refractivity contribution in [2.45, 2.75) is 26.4 Å². The minimum atomic E-state index is 0.164. The molecule has 0 saturated carbocycles. The van der Waals surface area contributed by atoms with Crippen LogP contribution in [0.2, 0.25) is 0 Å². The maximum Gasteiger partial charge on any atom is 0.135 e. The van der Waals surface area contributed by atoms with Crippen molar-refractivity contribution in [3.05, 3.63) is 39.0 Å². The standard InChI is InChI=1S/C14H17Br2N3O/c1-4-19-8-10(7-17-19)9(2)18-13-6-14(20-3)12(16)5-11(13)15/h5-9,18H,4H2,1-3H3. The number of benzene rings is 1. The van der Waals surface area contributed by atoms with Gasteiger partial charge in [0, 0.05) is 28.8 Å². The molecule has 0 spiro atoms. The van der Waals surface area contributed by atoms with Gasteiger partial charge in [-0.05, 0) is 51.8 Å². The molecule has 0 saturated heterocycles. The molecule has 4 nitrogen and oxygen atoms in total. The van der Waals surface area contributed by atoms with Gasteiger partial charge in [0.1, 0.15) is 5.75 Å². The summed E-state index contributed by atoms with van der Waals surface area (Å²) in [7, 11) is 1.66. The third-order valence-corrected chi connectivity index (χ3v) is 4.37. The van der Waals surface area contributed by atoms with Crippen molar-refractivity contribution in [1.82, 2.24) is 9.78 Å². The van der Waals surface area contributed by atoms with E-state index in [4.69, 9.17) is 4.74 Å². The van der Waals surface area contributed by atoms with E-state index in [1.807, 2.05) is 23.0 Å². The zero-order chi connectivity index (χ0) is 14.7. The Morgan fingerprint density at radius 2 is 2.10 bits per heavy atom. The minimum absolute atomic E-state index is 0.164. The number of nitrogens with zero attached hydrogens (tertiary/aromatic N) is 2. The van der Waals surface area contributed by atoms with Crippen LogP contribution in [-0.2, 0) is 6.54 Å². The van der Waals surface area contributed by atoms with E-state index in [1.165, 1.54) is 0 Å². The minimum Gasteiger partial charge on any atom is -0.495 e. The van der Waals surface area contributed by atoms with E-state index < -0.39 is 0 Å². The molecule has 0 aliphatic rings. The van der Waals surface area contributed by atoms with Crippen LogP contribution in [0.5, 0.6) is 5.75 Å². The van der Waals surface area contributed by atoms with Gasteiger partial charge in [0.05, 0.1) is 29.5 Å². The highest BCUT2D eigenvalue weighted by Gasteiger charge is 2.12. The molecule has 0 amide bonds. The molecule has 2 aromatic rings. The van der Waals surface area contributed by atoms with E-state index in [-0.39, 0.29) is 6.04 Å². The van der Waals surface area contributed by atoms with E-state index >= 15 is 0 Å². The third kappa shape index (κ3) is 3.35. The lowest BCUT2D eigenvalue weighted by Crippen LogP contribution is -2.06. The molecule has 1 heterocycles. The van der Waals surface area contributed by atoms with E-state index in [0.717, 1.165) is 32.5 Å². The summed E-state index contributed by atoms with van der Waals surface area (Å²) >= 11 is 7.03. The van der Waals surface area contributed by atoms with E-state index in [0.29, 0.717) is 0 Å². The summed E-state index contributed by atoms with van der Waals surface area (Å²) in [5.74, 6) is 0.798. The molecule has 0 radical (unpaired) electrons. The molecule has 1 N–H and O–H groups in total. The molecule has 108 valence electrons. The Kier molecular flexibility index (Phi) is 5.10. The molecule has 1 atom stereocenters. The van der Waals surface area contributed by atoms with Crippen LogP contribution >= 0.6 is 31.9 Å². The normalized spacial score (nSPS) is 12.2. The maximum atomic E-state index is 5.33. The molecule has 0 aliphatic heterocycles. The Morgan fingerprint density at radius 3 is 2.70 bits per heavy atom. The van der Waals surface area contributed by atoms with Crippen LogP contribution in [0.3, 0.4) is 0 Å². The van der Waals surface area contributed by atoms with Gasteiger partial charge in [-0.15, -0.1) is 0 Å². The van der Waals surface area contributed by atoms with Gasteiger partial charge in [0.25, 0.3) is 0 Å². The summed E-state index contributed by atoms with van der Waals surface area (Å²) < 4.78 is 9.15. The highest BCUT2D eigenvalue weighted by Crippen LogP contribution is 2.36. The first-order chi connectivity index (χ1) is 9.55. The molecule has 0 aliphatic carbocycles. The van der Waals surface area contributed by atoms with Crippen LogP contribution in [-0.4, -0.2) is 16.9 Å². The van der Waals surface area contributed by atoms with Crippen LogP contribution in [0.15, 0.2) is 33.5 Å². The van der Waals surface area contributed by atoms with Crippen molar-refractivity contribution >= 4 is 37.5 Å². The lowest BCUT2D eigenvalue weighted by atomic mass is 10.2. The Balaban J connectivity index is 2.20. The smallest absolute Gasteiger partial charge is 0.135 e. The molecule has 20 heavy (non-hydrogen) atoms. The quantitative estimate of drug-likeness (QED) is 0.793. The largest absolute Gasteiger partial charge is 0.495 e. The van der Waals surface area contributed by atoms with Gasteiger partial charge in [0.15, 0.2) is 0 Å². The molecule has 0 fully saturated rings. The Bertz CT molecular complexity index is 598. The number of aromatic nitrogens is 2. The zero-order valence-electron chi connectivity index (χ0n) is 11.7. The van der Waals surface area contributed by atoms with Gasteiger partial charge in [-0.1, -0.05) is 0 Å². The number of methoxy groups -OCH3 is 1. The van der Waals surface area contributed by atoms with Crippen molar-refractivity contribution in [1.29, 1.82) is 0 Å². The van der Waals surface area contributed by atoms with Gasteiger partial charge < -0.3 is 10.1 Å². The number of hydrogen-bond donors (Lipinski definition) is 1. The number of halogens is 2. The summed E-state index contributed by atoms with van der Waals surface area (Å²) in [6.45, 7) is 5.06. The fourth-order valence-corrected chi connectivity index (χ4v) is 3.16. The second-order valence-corrected chi connectivity index (χ2v) is 6.17. The van der Waals surface area contributed by atoms with Gasteiger partial charge in [-0.25, -0.2) is 0 Å². The Labute approximate surface area is 135 Å². The molecule has 1 unspecified atom stereocenters. The molecular weight excluding hydrogens is 386 g/mol. The van der Waals surface area contributed by atoms with E-state index in [2.05, 4.69) is 62.3 Å². The summed E-state index contributed by atoms with van der Waals surface area (Å²) in [5.41, 5.74) is 2.14. The number of anilines is 1. The maximum absolute atomic E-state index is 5.33. The van der Waals surface area contributed by atoms with Crippen LogP contribution in [0.1, 0.15) is 25.5 Å².